The first-order valence-electron chi connectivity index (χ1n) is 10.5. The van der Waals surface area contributed by atoms with E-state index in [4.69, 9.17) is 28.4 Å². The van der Waals surface area contributed by atoms with Crippen LogP contribution in [0.3, 0.4) is 0 Å². The average Bonchev–Trinajstić information content (AvgIpc) is 2.75. The number of pyridine rings is 1. The summed E-state index contributed by atoms with van der Waals surface area (Å²) in [6.45, 7) is 4.33. The largest absolute Gasteiger partial charge is 0.463 e. The van der Waals surface area contributed by atoms with Gasteiger partial charge in [0.25, 0.3) is 0 Å². The standard InChI is InChI=1S/C23H25NO10/c1-12(25)29-11-19-20(30-13(2)26)21(31-14(3)27)22(32-15(4)28)23(34-19)33-18-9-10-24-17-8-6-5-7-16(17)18/h5-10,19-23H,11H2,1-4H3/t19-,20-,21+,22+,23+/m1/s1. The number of ether oxygens (including phenoxy) is 6. The summed E-state index contributed by atoms with van der Waals surface area (Å²) >= 11 is 0. The molecule has 0 aliphatic carbocycles. The number of esters is 4. The van der Waals surface area contributed by atoms with Crippen molar-refractivity contribution in [1.29, 1.82) is 0 Å². The fraction of sp³-hybridized carbons (Fsp3) is 0.435. The Morgan fingerprint density at radius 2 is 1.44 bits per heavy atom. The molecule has 1 aromatic heterocycles. The normalized spacial score (nSPS) is 24.1. The van der Waals surface area contributed by atoms with Crippen LogP contribution in [0, 0.1) is 0 Å². The van der Waals surface area contributed by atoms with Gasteiger partial charge in [-0.1, -0.05) is 12.1 Å². The lowest BCUT2D eigenvalue weighted by Crippen LogP contribution is -2.63. The van der Waals surface area contributed by atoms with Crippen molar-refractivity contribution in [1.82, 2.24) is 4.98 Å². The van der Waals surface area contributed by atoms with Crippen molar-refractivity contribution < 1.29 is 47.6 Å². The van der Waals surface area contributed by atoms with Gasteiger partial charge in [0, 0.05) is 39.3 Å². The van der Waals surface area contributed by atoms with Crippen LogP contribution in [0.25, 0.3) is 10.9 Å². The topological polar surface area (TPSA) is 137 Å². The third kappa shape index (κ3) is 6.19. The summed E-state index contributed by atoms with van der Waals surface area (Å²) in [5.41, 5.74) is 0.644. The minimum Gasteiger partial charge on any atom is -0.463 e. The molecule has 11 nitrogen and oxygen atoms in total. The van der Waals surface area contributed by atoms with Crippen LogP contribution in [0.5, 0.6) is 5.75 Å². The molecule has 1 fully saturated rings. The van der Waals surface area contributed by atoms with Crippen LogP contribution >= 0.6 is 0 Å². The molecule has 0 N–H and O–H groups in total. The monoisotopic (exact) mass is 475 g/mol. The first kappa shape index (κ1) is 24.9. The highest BCUT2D eigenvalue weighted by Crippen LogP contribution is 2.33. The maximum absolute atomic E-state index is 11.9. The summed E-state index contributed by atoms with van der Waals surface area (Å²) < 4.78 is 33.3. The third-order valence-electron chi connectivity index (χ3n) is 4.80. The number of carbonyl (C=O) groups is 4. The number of nitrogens with zero attached hydrogens (tertiary/aromatic N) is 1. The van der Waals surface area contributed by atoms with Crippen LogP contribution in [-0.2, 0) is 42.9 Å². The molecule has 0 saturated carbocycles. The number of fused-ring (bicyclic) bond motifs is 1. The summed E-state index contributed by atoms with van der Waals surface area (Å²) in [6.07, 6.45) is -4.75. The van der Waals surface area contributed by atoms with Gasteiger partial charge in [0.2, 0.25) is 12.4 Å². The van der Waals surface area contributed by atoms with Crippen molar-refractivity contribution in [3.63, 3.8) is 0 Å². The summed E-state index contributed by atoms with van der Waals surface area (Å²) in [5, 5.41) is 0.651. The third-order valence-corrected chi connectivity index (χ3v) is 4.80. The molecule has 0 amide bonds. The number of hydrogen-bond donors (Lipinski definition) is 0. The SMILES string of the molecule is CC(=O)OC[C@H]1O[C@H](Oc2ccnc3ccccc23)[C@@H](OC(C)=O)[C@@H](OC(C)=O)[C@@H]1OC(C)=O. The van der Waals surface area contributed by atoms with Crippen molar-refractivity contribution in [2.45, 2.75) is 58.4 Å². The Bertz CT molecular complexity index is 1070. The molecule has 1 aliphatic heterocycles. The van der Waals surface area contributed by atoms with Gasteiger partial charge in [0.1, 0.15) is 18.5 Å². The Balaban J connectivity index is 2.03. The fourth-order valence-corrected chi connectivity index (χ4v) is 3.58. The van der Waals surface area contributed by atoms with Gasteiger partial charge in [-0.25, -0.2) is 0 Å². The predicted molar refractivity (Wildman–Crippen MR) is 114 cm³/mol. The molecule has 3 rings (SSSR count). The van der Waals surface area contributed by atoms with E-state index >= 15 is 0 Å². The number of rotatable bonds is 7. The van der Waals surface area contributed by atoms with Crippen LogP contribution in [0.2, 0.25) is 0 Å². The molecule has 0 bridgehead atoms. The van der Waals surface area contributed by atoms with Crippen molar-refractivity contribution in [3.8, 4) is 5.75 Å². The first-order valence-corrected chi connectivity index (χ1v) is 10.5. The van der Waals surface area contributed by atoms with Gasteiger partial charge in [-0.15, -0.1) is 0 Å². The van der Waals surface area contributed by atoms with Gasteiger partial charge in [-0.3, -0.25) is 24.2 Å². The van der Waals surface area contributed by atoms with E-state index in [0.29, 0.717) is 16.7 Å². The Morgan fingerprint density at radius 1 is 0.824 bits per heavy atom. The molecule has 0 unspecified atom stereocenters. The molecule has 2 aromatic rings. The average molecular weight is 475 g/mol. The molecule has 1 aliphatic rings. The molecule has 1 aromatic carbocycles. The number of hydrogen-bond acceptors (Lipinski definition) is 11. The zero-order valence-electron chi connectivity index (χ0n) is 19.1. The smallest absolute Gasteiger partial charge is 0.303 e. The van der Waals surface area contributed by atoms with Gasteiger partial charge in [-0.2, -0.15) is 0 Å². The summed E-state index contributed by atoms with van der Waals surface area (Å²) in [6, 6.07) is 8.77. The molecule has 0 radical (unpaired) electrons. The maximum atomic E-state index is 11.9. The Morgan fingerprint density at radius 3 is 2.09 bits per heavy atom. The Kier molecular flexibility index (Phi) is 8.00. The first-order chi connectivity index (χ1) is 16.2. The second-order valence-corrected chi connectivity index (χ2v) is 7.51. The van der Waals surface area contributed by atoms with E-state index in [-0.39, 0.29) is 6.61 Å². The van der Waals surface area contributed by atoms with Crippen molar-refractivity contribution >= 4 is 34.8 Å². The zero-order chi connectivity index (χ0) is 24.8. The van der Waals surface area contributed by atoms with E-state index in [1.54, 1.807) is 24.3 Å². The van der Waals surface area contributed by atoms with Gasteiger partial charge >= 0.3 is 23.9 Å². The molecular weight excluding hydrogens is 450 g/mol. The van der Waals surface area contributed by atoms with Gasteiger partial charge in [0.05, 0.1) is 5.52 Å². The van der Waals surface area contributed by atoms with Crippen molar-refractivity contribution in [3.05, 3.63) is 36.5 Å². The molecule has 5 atom stereocenters. The summed E-state index contributed by atoms with van der Waals surface area (Å²) in [5.74, 6) is -2.39. The molecule has 34 heavy (non-hydrogen) atoms. The Hall–Kier alpha value is -3.73. The van der Waals surface area contributed by atoms with E-state index < -0.39 is 54.6 Å². The van der Waals surface area contributed by atoms with Crippen LogP contribution in [-0.4, -0.2) is 66.2 Å². The number of carbonyl (C=O) groups excluding carboxylic acids is 4. The quantitative estimate of drug-likeness (QED) is 0.427. The highest BCUT2D eigenvalue weighted by molar-refractivity contribution is 5.84. The lowest BCUT2D eigenvalue weighted by Gasteiger charge is -2.44. The zero-order valence-corrected chi connectivity index (χ0v) is 19.1. The van der Waals surface area contributed by atoms with Crippen molar-refractivity contribution in [2.75, 3.05) is 6.61 Å². The van der Waals surface area contributed by atoms with Gasteiger partial charge in [0.15, 0.2) is 12.2 Å². The fourth-order valence-electron chi connectivity index (χ4n) is 3.58. The second kappa shape index (κ2) is 10.9. The van der Waals surface area contributed by atoms with Crippen LogP contribution in [0.1, 0.15) is 27.7 Å². The van der Waals surface area contributed by atoms with Crippen LogP contribution in [0.4, 0.5) is 0 Å². The highest BCUT2D eigenvalue weighted by Gasteiger charge is 2.53. The van der Waals surface area contributed by atoms with Crippen LogP contribution in [0.15, 0.2) is 36.5 Å². The molecular formula is C23H25NO10. The van der Waals surface area contributed by atoms with Gasteiger partial charge in [-0.05, 0) is 18.2 Å². The molecule has 2 heterocycles. The number of aromatic nitrogens is 1. The van der Waals surface area contributed by atoms with Crippen LogP contribution < -0.4 is 4.74 Å². The van der Waals surface area contributed by atoms with E-state index in [0.717, 1.165) is 20.8 Å². The lowest BCUT2D eigenvalue weighted by molar-refractivity contribution is -0.288. The number of para-hydroxylation sites is 1. The molecule has 0 spiro atoms. The van der Waals surface area contributed by atoms with Gasteiger partial charge < -0.3 is 28.4 Å². The highest BCUT2D eigenvalue weighted by atomic mass is 16.7. The minimum atomic E-state index is -1.31. The lowest BCUT2D eigenvalue weighted by atomic mass is 9.98. The van der Waals surface area contributed by atoms with E-state index in [1.165, 1.54) is 13.1 Å². The summed E-state index contributed by atoms with van der Waals surface area (Å²) in [4.78, 5) is 51.3. The van der Waals surface area contributed by atoms with E-state index in [1.807, 2.05) is 6.07 Å². The molecule has 11 heteroatoms. The predicted octanol–water partition coefficient (Wildman–Crippen LogP) is 1.70. The minimum absolute atomic E-state index is 0.339. The van der Waals surface area contributed by atoms with E-state index in [9.17, 15) is 19.2 Å². The van der Waals surface area contributed by atoms with Crippen molar-refractivity contribution in [2.24, 2.45) is 0 Å². The Labute approximate surface area is 195 Å². The summed E-state index contributed by atoms with van der Waals surface area (Å²) in [7, 11) is 0. The van der Waals surface area contributed by atoms with E-state index in [2.05, 4.69) is 4.98 Å². The molecule has 1 saturated heterocycles. The second-order valence-electron chi connectivity index (χ2n) is 7.51. The number of benzene rings is 1. The molecule has 182 valence electrons. The maximum Gasteiger partial charge on any atom is 0.303 e.